The predicted octanol–water partition coefficient (Wildman–Crippen LogP) is 1.73. The van der Waals surface area contributed by atoms with E-state index in [1.54, 1.807) is 0 Å². The van der Waals surface area contributed by atoms with E-state index in [1.165, 1.54) is 0 Å². The lowest BCUT2D eigenvalue weighted by Gasteiger charge is -2.20. The molecule has 0 radical (unpaired) electrons. The second kappa shape index (κ2) is 4.42. The van der Waals surface area contributed by atoms with E-state index in [0.29, 0.717) is 6.54 Å². The topological polar surface area (TPSA) is 29.3 Å². The van der Waals surface area contributed by atoms with Gasteiger partial charge in [0.15, 0.2) is 0 Å². The van der Waals surface area contributed by atoms with Crippen molar-refractivity contribution in [2.45, 2.75) is 6.92 Å². The molecular formula is C11H14N2. The lowest BCUT2D eigenvalue weighted by Crippen LogP contribution is -2.22. The fraction of sp³-hybridized carbons (Fsp3) is 0.273. The highest BCUT2D eigenvalue weighted by Crippen LogP contribution is 2.16. The first kappa shape index (κ1) is 9.47. The van der Waals surface area contributed by atoms with Crippen molar-refractivity contribution in [2.75, 3.05) is 23.7 Å². The quantitative estimate of drug-likeness (QED) is 0.558. The van der Waals surface area contributed by atoms with Crippen LogP contribution in [-0.4, -0.2) is 13.1 Å². The molecule has 1 rings (SSSR count). The normalized spacial score (nSPS) is 9.23. The molecule has 2 N–H and O–H groups in total. The van der Waals surface area contributed by atoms with E-state index >= 15 is 0 Å². The van der Waals surface area contributed by atoms with Gasteiger partial charge in [-0.1, -0.05) is 12.0 Å². The van der Waals surface area contributed by atoms with E-state index in [2.05, 4.69) is 17.7 Å². The maximum absolute atomic E-state index is 5.67. The fourth-order valence-corrected chi connectivity index (χ4v) is 1.22. The summed E-state index contributed by atoms with van der Waals surface area (Å²) in [5.41, 5.74) is 7.52. The molecule has 0 aliphatic rings. The Kier molecular flexibility index (Phi) is 3.22. The Morgan fingerprint density at radius 3 is 2.85 bits per heavy atom. The van der Waals surface area contributed by atoms with Crippen LogP contribution in [0.15, 0.2) is 24.3 Å². The van der Waals surface area contributed by atoms with Crippen LogP contribution < -0.4 is 10.6 Å². The molecular weight excluding hydrogens is 160 g/mol. The average molecular weight is 174 g/mol. The Bertz CT molecular complexity index is 312. The highest BCUT2D eigenvalue weighted by molar-refractivity contribution is 5.56. The smallest absolute Gasteiger partial charge is 0.0791 e. The minimum absolute atomic E-state index is 0.625. The SMILES string of the molecule is C#CCN(CC)c1cccc(N)c1. The van der Waals surface area contributed by atoms with E-state index in [4.69, 9.17) is 12.2 Å². The monoisotopic (exact) mass is 174 g/mol. The lowest BCUT2D eigenvalue weighted by molar-refractivity contribution is 0.919. The molecule has 2 nitrogen and oxygen atoms in total. The van der Waals surface area contributed by atoms with E-state index in [-0.39, 0.29) is 0 Å². The van der Waals surface area contributed by atoms with Gasteiger partial charge in [0.25, 0.3) is 0 Å². The van der Waals surface area contributed by atoms with Crippen LogP contribution in [-0.2, 0) is 0 Å². The molecule has 0 fully saturated rings. The van der Waals surface area contributed by atoms with Gasteiger partial charge in [0.05, 0.1) is 6.54 Å². The van der Waals surface area contributed by atoms with E-state index < -0.39 is 0 Å². The van der Waals surface area contributed by atoms with Crippen molar-refractivity contribution in [3.05, 3.63) is 24.3 Å². The minimum Gasteiger partial charge on any atom is -0.399 e. The fourth-order valence-electron chi connectivity index (χ4n) is 1.22. The van der Waals surface area contributed by atoms with Crippen LogP contribution in [0.4, 0.5) is 11.4 Å². The van der Waals surface area contributed by atoms with E-state index in [0.717, 1.165) is 17.9 Å². The van der Waals surface area contributed by atoms with Gasteiger partial charge in [-0.15, -0.1) is 6.42 Å². The Hall–Kier alpha value is -1.62. The molecule has 0 aromatic heterocycles. The first-order valence-corrected chi connectivity index (χ1v) is 4.32. The van der Waals surface area contributed by atoms with Gasteiger partial charge < -0.3 is 10.6 Å². The molecule has 0 aliphatic heterocycles. The van der Waals surface area contributed by atoms with Crippen molar-refractivity contribution >= 4 is 11.4 Å². The zero-order valence-corrected chi connectivity index (χ0v) is 7.83. The number of hydrogen-bond acceptors (Lipinski definition) is 2. The number of benzene rings is 1. The van der Waals surface area contributed by atoms with Crippen LogP contribution in [0.1, 0.15) is 6.92 Å². The number of nitrogens with zero attached hydrogens (tertiary/aromatic N) is 1. The Balaban J connectivity index is 2.86. The van der Waals surface area contributed by atoms with Gasteiger partial charge in [0.2, 0.25) is 0 Å². The van der Waals surface area contributed by atoms with Crippen molar-refractivity contribution in [1.82, 2.24) is 0 Å². The molecule has 0 heterocycles. The Labute approximate surface area is 79.4 Å². The molecule has 0 saturated carbocycles. The van der Waals surface area contributed by atoms with Gasteiger partial charge in [-0.25, -0.2) is 0 Å². The molecule has 0 spiro atoms. The largest absolute Gasteiger partial charge is 0.399 e. The maximum atomic E-state index is 5.67. The summed E-state index contributed by atoms with van der Waals surface area (Å²) in [4.78, 5) is 2.09. The molecule has 0 atom stereocenters. The molecule has 13 heavy (non-hydrogen) atoms. The molecule has 0 saturated heterocycles. The van der Waals surface area contributed by atoms with Crippen molar-refractivity contribution in [1.29, 1.82) is 0 Å². The summed E-state index contributed by atoms with van der Waals surface area (Å²) in [5.74, 6) is 2.62. The van der Waals surface area contributed by atoms with Crippen LogP contribution in [0.2, 0.25) is 0 Å². The summed E-state index contributed by atoms with van der Waals surface area (Å²) in [6.07, 6.45) is 5.26. The van der Waals surface area contributed by atoms with Crippen molar-refractivity contribution < 1.29 is 0 Å². The molecule has 0 bridgehead atoms. The third kappa shape index (κ3) is 2.41. The number of hydrogen-bond donors (Lipinski definition) is 1. The minimum atomic E-state index is 0.625. The van der Waals surface area contributed by atoms with Gasteiger partial charge in [0, 0.05) is 17.9 Å². The predicted molar refractivity (Wildman–Crippen MR) is 57.6 cm³/mol. The standard InChI is InChI=1S/C11H14N2/c1-3-8-13(4-2)11-7-5-6-10(12)9-11/h1,5-7,9H,4,8,12H2,2H3. The summed E-state index contributed by atoms with van der Waals surface area (Å²) in [6.45, 7) is 3.59. The molecule has 1 aromatic rings. The summed E-state index contributed by atoms with van der Waals surface area (Å²) < 4.78 is 0. The highest BCUT2D eigenvalue weighted by Gasteiger charge is 2.01. The first-order valence-electron chi connectivity index (χ1n) is 4.32. The van der Waals surface area contributed by atoms with Crippen molar-refractivity contribution in [3.63, 3.8) is 0 Å². The van der Waals surface area contributed by atoms with Gasteiger partial charge in [-0.05, 0) is 25.1 Å². The number of nitrogen functional groups attached to an aromatic ring is 1. The van der Waals surface area contributed by atoms with E-state index in [9.17, 15) is 0 Å². The van der Waals surface area contributed by atoms with Crippen molar-refractivity contribution in [3.8, 4) is 12.3 Å². The lowest BCUT2D eigenvalue weighted by atomic mass is 10.2. The van der Waals surface area contributed by atoms with Gasteiger partial charge in [-0.3, -0.25) is 0 Å². The summed E-state index contributed by atoms with van der Waals surface area (Å²) >= 11 is 0. The Morgan fingerprint density at radius 2 is 2.31 bits per heavy atom. The molecule has 1 aromatic carbocycles. The second-order valence-corrected chi connectivity index (χ2v) is 2.81. The summed E-state index contributed by atoms with van der Waals surface area (Å²) in [5, 5.41) is 0. The van der Waals surface area contributed by atoms with Gasteiger partial charge in [0.1, 0.15) is 0 Å². The first-order chi connectivity index (χ1) is 6.27. The Morgan fingerprint density at radius 1 is 1.54 bits per heavy atom. The molecule has 2 heteroatoms. The van der Waals surface area contributed by atoms with Crippen LogP contribution >= 0.6 is 0 Å². The number of nitrogens with two attached hydrogens (primary N) is 1. The van der Waals surface area contributed by atoms with Crippen LogP contribution in [0.3, 0.4) is 0 Å². The van der Waals surface area contributed by atoms with Crippen LogP contribution in [0.5, 0.6) is 0 Å². The second-order valence-electron chi connectivity index (χ2n) is 2.81. The van der Waals surface area contributed by atoms with Crippen molar-refractivity contribution in [2.24, 2.45) is 0 Å². The zero-order chi connectivity index (χ0) is 9.68. The third-order valence-electron chi connectivity index (χ3n) is 1.90. The maximum Gasteiger partial charge on any atom is 0.0791 e. The highest BCUT2D eigenvalue weighted by atomic mass is 15.1. The van der Waals surface area contributed by atoms with Crippen LogP contribution in [0, 0.1) is 12.3 Å². The number of rotatable bonds is 3. The summed E-state index contributed by atoms with van der Waals surface area (Å²) in [6, 6.07) is 7.75. The molecule has 0 unspecified atom stereocenters. The zero-order valence-electron chi connectivity index (χ0n) is 7.83. The van der Waals surface area contributed by atoms with Gasteiger partial charge in [-0.2, -0.15) is 0 Å². The number of terminal acetylenes is 1. The average Bonchev–Trinajstić information content (AvgIpc) is 2.14. The molecule has 68 valence electrons. The summed E-state index contributed by atoms with van der Waals surface area (Å²) in [7, 11) is 0. The third-order valence-corrected chi connectivity index (χ3v) is 1.90. The van der Waals surface area contributed by atoms with Gasteiger partial charge >= 0.3 is 0 Å². The number of anilines is 2. The van der Waals surface area contributed by atoms with E-state index in [1.807, 2.05) is 24.3 Å². The molecule has 0 amide bonds. The molecule has 0 aliphatic carbocycles. The van der Waals surface area contributed by atoms with Crippen LogP contribution in [0.25, 0.3) is 0 Å².